The Hall–Kier alpha value is -1.62. The van der Waals surface area contributed by atoms with Crippen LogP contribution in [0.2, 0.25) is 0 Å². The Bertz CT molecular complexity index is 406. The van der Waals surface area contributed by atoms with Crippen molar-refractivity contribution in [2.24, 2.45) is 5.73 Å². The number of halogens is 1. The van der Waals surface area contributed by atoms with Crippen LogP contribution in [-0.2, 0) is 9.53 Å². The summed E-state index contributed by atoms with van der Waals surface area (Å²) >= 11 is 0. The first kappa shape index (κ1) is 12.4. The topological polar surface area (TPSA) is 61.5 Å². The number of carbonyl (C=O) groups is 1. The molecule has 5 heteroatoms. The summed E-state index contributed by atoms with van der Waals surface area (Å²) in [6.45, 7) is 1.60. The molecule has 1 atom stereocenters. The molecule has 0 heterocycles. The summed E-state index contributed by atoms with van der Waals surface area (Å²) in [6.07, 6.45) is 0. The third-order valence-corrected chi connectivity index (χ3v) is 2.30. The third kappa shape index (κ3) is 2.30. The molecule has 0 amide bonds. The van der Waals surface area contributed by atoms with Crippen LogP contribution >= 0.6 is 0 Å². The highest BCUT2D eigenvalue weighted by Crippen LogP contribution is 2.27. The van der Waals surface area contributed by atoms with E-state index in [4.69, 9.17) is 10.5 Å². The normalized spacial score (nSPS) is 12.1. The van der Waals surface area contributed by atoms with Gasteiger partial charge in [-0.05, 0) is 24.6 Å². The van der Waals surface area contributed by atoms with Crippen LogP contribution in [0.5, 0.6) is 5.75 Å². The van der Waals surface area contributed by atoms with E-state index in [0.29, 0.717) is 11.3 Å². The van der Waals surface area contributed by atoms with E-state index in [1.165, 1.54) is 26.4 Å². The van der Waals surface area contributed by atoms with Gasteiger partial charge in [0.2, 0.25) is 0 Å². The number of rotatable bonds is 3. The lowest BCUT2D eigenvalue weighted by atomic mass is 10.0. The second-order valence-corrected chi connectivity index (χ2v) is 3.34. The maximum atomic E-state index is 13.4. The molecule has 0 bridgehead atoms. The number of methoxy groups -OCH3 is 2. The third-order valence-electron chi connectivity index (χ3n) is 2.30. The molecule has 0 aliphatic heterocycles. The quantitative estimate of drug-likeness (QED) is 0.791. The maximum absolute atomic E-state index is 13.4. The summed E-state index contributed by atoms with van der Waals surface area (Å²) in [6, 6.07) is 1.64. The standard InChI is InChI=1S/C11H14FNO3/c1-6-4-9(15-2)7(5-8(6)12)10(13)11(14)16-3/h4-5,10H,13H2,1-3H3. The van der Waals surface area contributed by atoms with Crippen molar-refractivity contribution < 1.29 is 18.7 Å². The summed E-state index contributed by atoms with van der Waals surface area (Å²) in [4.78, 5) is 11.3. The predicted octanol–water partition coefficient (Wildman–Crippen LogP) is 1.32. The van der Waals surface area contributed by atoms with Crippen LogP contribution in [0.1, 0.15) is 17.2 Å². The van der Waals surface area contributed by atoms with Gasteiger partial charge in [-0.1, -0.05) is 0 Å². The second-order valence-electron chi connectivity index (χ2n) is 3.34. The van der Waals surface area contributed by atoms with Gasteiger partial charge in [-0.3, -0.25) is 4.79 Å². The van der Waals surface area contributed by atoms with Crippen LogP contribution in [0.25, 0.3) is 0 Å². The lowest BCUT2D eigenvalue weighted by Gasteiger charge is -2.14. The molecule has 0 radical (unpaired) electrons. The van der Waals surface area contributed by atoms with Crippen molar-refractivity contribution in [1.82, 2.24) is 0 Å². The highest BCUT2D eigenvalue weighted by Gasteiger charge is 2.21. The summed E-state index contributed by atoms with van der Waals surface area (Å²) in [7, 11) is 2.65. The second kappa shape index (κ2) is 4.94. The van der Waals surface area contributed by atoms with E-state index in [-0.39, 0.29) is 5.56 Å². The SMILES string of the molecule is COC(=O)C(N)c1cc(F)c(C)cc1OC. The zero-order valence-corrected chi connectivity index (χ0v) is 9.41. The lowest BCUT2D eigenvalue weighted by Crippen LogP contribution is -2.23. The number of nitrogens with two attached hydrogens (primary N) is 1. The molecule has 0 saturated carbocycles. The van der Waals surface area contributed by atoms with Gasteiger partial charge in [-0.2, -0.15) is 0 Å². The predicted molar refractivity (Wildman–Crippen MR) is 56.6 cm³/mol. The van der Waals surface area contributed by atoms with Crippen LogP contribution in [0.15, 0.2) is 12.1 Å². The molecule has 1 unspecified atom stereocenters. The van der Waals surface area contributed by atoms with Gasteiger partial charge in [0.1, 0.15) is 17.6 Å². The van der Waals surface area contributed by atoms with E-state index in [9.17, 15) is 9.18 Å². The summed E-state index contributed by atoms with van der Waals surface area (Å²) < 4.78 is 22.9. The molecular weight excluding hydrogens is 213 g/mol. The van der Waals surface area contributed by atoms with Gasteiger partial charge >= 0.3 is 5.97 Å². The number of carbonyl (C=O) groups excluding carboxylic acids is 1. The molecule has 0 saturated heterocycles. The molecule has 0 spiro atoms. The Balaban J connectivity index is 3.21. The van der Waals surface area contributed by atoms with Crippen molar-refractivity contribution in [2.45, 2.75) is 13.0 Å². The average Bonchev–Trinajstić information content (AvgIpc) is 2.30. The van der Waals surface area contributed by atoms with E-state index >= 15 is 0 Å². The Morgan fingerprint density at radius 3 is 2.56 bits per heavy atom. The highest BCUT2D eigenvalue weighted by molar-refractivity contribution is 5.78. The van der Waals surface area contributed by atoms with Gasteiger partial charge in [0, 0.05) is 5.56 Å². The Kier molecular flexibility index (Phi) is 3.84. The Morgan fingerprint density at radius 1 is 1.44 bits per heavy atom. The number of hydrogen-bond donors (Lipinski definition) is 1. The summed E-state index contributed by atoms with van der Waals surface area (Å²) in [5.74, 6) is -0.700. The first-order valence-electron chi connectivity index (χ1n) is 4.68. The van der Waals surface area contributed by atoms with Gasteiger partial charge in [-0.25, -0.2) is 4.39 Å². The smallest absolute Gasteiger partial charge is 0.327 e. The van der Waals surface area contributed by atoms with E-state index in [1.54, 1.807) is 6.92 Å². The van der Waals surface area contributed by atoms with E-state index in [1.807, 2.05) is 0 Å². The van der Waals surface area contributed by atoms with Crippen LogP contribution in [0.4, 0.5) is 4.39 Å². The van der Waals surface area contributed by atoms with Crippen molar-refractivity contribution >= 4 is 5.97 Å². The molecule has 88 valence electrons. The van der Waals surface area contributed by atoms with Crippen LogP contribution in [0.3, 0.4) is 0 Å². The fraction of sp³-hybridized carbons (Fsp3) is 0.364. The molecule has 0 aliphatic rings. The number of benzene rings is 1. The average molecular weight is 227 g/mol. The first-order valence-corrected chi connectivity index (χ1v) is 4.68. The lowest BCUT2D eigenvalue weighted by molar-refractivity contribution is -0.142. The Morgan fingerprint density at radius 2 is 2.06 bits per heavy atom. The van der Waals surface area contributed by atoms with Crippen molar-refractivity contribution in [3.63, 3.8) is 0 Å². The molecule has 16 heavy (non-hydrogen) atoms. The largest absolute Gasteiger partial charge is 0.496 e. The number of aryl methyl sites for hydroxylation is 1. The molecular formula is C11H14FNO3. The fourth-order valence-corrected chi connectivity index (χ4v) is 1.34. The summed E-state index contributed by atoms with van der Waals surface area (Å²) in [5.41, 5.74) is 6.33. The van der Waals surface area contributed by atoms with Crippen molar-refractivity contribution in [3.05, 3.63) is 29.1 Å². The van der Waals surface area contributed by atoms with E-state index in [2.05, 4.69) is 4.74 Å². The number of hydrogen-bond acceptors (Lipinski definition) is 4. The van der Waals surface area contributed by atoms with Crippen LogP contribution < -0.4 is 10.5 Å². The fourth-order valence-electron chi connectivity index (χ4n) is 1.34. The van der Waals surface area contributed by atoms with Gasteiger partial charge in [-0.15, -0.1) is 0 Å². The highest BCUT2D eigenvalue weighted by atomic mass is 19.1. The van der Waals surface area contributed by atoms with Crippen LogP contribution in [0, 0.1) is 12.7 Å². The molecule has 1 aromatic carbocycles. The molecule has 1 aromatic rings. The number of ether oxygens (including phenoxy) is 2. The number of esters is 1. The van der Waals surface area contributed by atoms with Crippen molar-refractivity contribution in [1.29, 1.82) is 0 Å². The maximum Gasteiger partial charge on any atom is 0.327 e. The molecule has 2 N–H and O–H groups in total. The molecule has 0 aromatic heterocycles. The van der Waals surface area contributed by atoms with E-state index < -0.39 is 17.8 Å². The minimum atomic E-state index is -1.05. The first-order chi connectivity index (χ1) is 7.51. The molecule has 0 fully saturated rings. The summed E-state index contributed by atoms with van der Waals surface area (Å²) in [5, 5.41) is 0. The van der Waals surface area contributed by atoms with Crippen molar-refractivity contribution in [3.8, 4) is 5.75 Å². The zero-order chi connectivity index (χ0) is 12.3. The van der Waals surface area contributed by atoms with Crippen molar-refractivity contribution in [2.75, 3.05) is 14.2 Å². The molecule has 4 nitrogen and oxygen atoms in total. The van der Waals surface area contributed by atoms with Crippen LogP contribution in [-0.4, -0.2) is 20.2 Å². The molecule has 1 rings (SSSR count). The molecule has 0 aliphatic carbocycles. The minimum absolute atomic E-state index is 0.275. The van der Waals surface area contributed by atoms with Gasteiger partial charge < -0.3 is 15.2 Å². The van der Waals surface area contributed by atoms with Gasteiger partial charge in [0.15, 0.2) is 0 Å². The monoisotopic (exact) mass is 227 g/mol. The minimum Gasteiger partial charge on any atom is -0.496 e. The van der Waals surface area contributed by atoms with Gasteiger partial charge in [0.05, 0.1) is 14.2 Å². The van der Waals surface area contributed by atoms with E-state index in [0.717, 1.165) is 0 Å². The Labute approximate surface area is 93.2 Å². The zero-order valence-electron chi connectivity index (χ0n) is 9.41. The van der Waals surface area contributed by atoms with Gasteiger partial charge in [0.25, 0.3) is 0 Å².